The summed E-state index contributed by atoms with van der Waals surface area (Å²) in [7, 11) is 0. The number of anilines is 1. The van der Waals surface area contributed by atoms with Gasteiger partial charge in [-0.15, -0.1) is 11.3 Å². The van der Waals surface area contributed by atoms with Crippen LogP contribution in [0.25, 0.3) is 16.2 Å². The van der Waals surface area contributed by atoms with Crippen LogP contribution in [-0.4, -0.2) is 15.9 Å². The molecule has 7 heteroatoms. The van der Waals surface area contributed by atoms with Crippen LogP contribution in [0.2, 0.25) is 0 Å². The van der Waals surface area contributed by atoms with Gasteiger partial charge in [0, 0.05) is 34.1 Å². The summed E-state index contributed by atoms with van der Waals surface area (Å²) in [6, 6.07) is 10.00. The van der Waals surface area contributed by atoms with Crippen LogP contribution < -0.4 is 10.5 Å². The second-order valence-corrected chi connectivity index (χ2v) is 8.17. The second-order valence-electron chi connectivity index (χ2n) is 6.21. The zero-order chi connectivity index (χ0) is 19.0. The van der Waals surface area contributed by atoms with Crippen molar-refractivity contribution < 1.29 is 4.39 Å². The summed E-state index contributed by atoms with van der Waals surface area (Å²) in [5.74, 6) is -0.261. The van der Waals surface area contributed by atoms with Crippen molar-refractivity contribution in [2.75, 3.05) is 11.4 Å². The number of benzene rings is 1. The molecule has 0 aliphatic carbocycles. The van der Waals surface area contributed by atoms with E-state index in [4.69, 9.17) is 4.98 Å². The van der Waals surface area contributed by atoms with E-state index in [-0.39, 0.29) is 11.4 Å². The third-order valence-corrected chi connectivity index (χ3v) is 6.10. The van der Waals surface area contributed by atoms with Gasteiger partial charge in [0.1, 0.15) is 5.82 Å². The van der Waals surface area contributed by atoms with Gasteiger partial charge in [-0.3, -0.25) is 9.20 Å². The van der Waals surface area contributed by atoms with Gasteiger partial charge < -0.3 is 4.90 Å². The molecule has 3 heterocycles. The number of aryl methyl sites for hydroxylation is 1. The number of fused-ring (bicyclic) bond motifs is 1. The van der Waals surface area contributed by atoms with Crippen LogP contribution >= 0.6 is 22.7 Å². The Balaban J connectivity index is 1.73. The Morgan fingerprint density at radius 1 is 1.22 bits per heavy atom. The summed E-state index contributed by atoms with van der Waals surface area (Å²) in [6.45, 7) is 5.27. The third-order valence-electron chi connectivity index (χ3n) is 4.46. The standard InChI is InChI=1S/C20H18FN3OS2/c1-3-23(17-6-4-15(21)5-7-17)11-16-10-18(25)24-19(14-8-9-26-12-14)13(2)27-20(24)22-16/h4-10,12H,3,11H2,1-2H3. The largest absolute Gasteiger partial charge is 0.366 e. The van der Waals surface area contributed by atoms with E-state index in [1.165, 1.54) is 23.5 Å². The first-order valence-electron chi connectivity index (χ1n) is 8.62. The van der Waals surface area contributed by atoms with Crippen molar-refractivity contribution >= 4 is 33.3 Å². The van der Waals surface area contributed by atoms with Crippen LogP contribution in [0.5, 0.6) is 0 Å². The number of rotatable bonds is 5. The average Bonchev–Trinajstić information content (AvgIpc) is 3.27. The molecule has 0 aliphatic rings. The lowest BCUT2D eigenvalue weighted by atomic mass is 10.2. The SMILES string of the molecule is CCN(Cc1cc(=O)n2c(-c3ccsc3)c(C)sc2n1)c1ccc(F)cc1. The predicted octanol–water partition coefficient (Wildman–Crippen LogP) is 4.96. The van der Waals surface area contributed by atoms with Gasteiger partial charge in [-0.25, -0.2) is 9.37 Å². The first kappa shape index (κ1) is 17.9. The Bertz CT molecular complexity index is 1130. The van der Waals surface area contributed by atoms with Crippen molar-refractivity contribution in [2.45, 2.75) is 20.4 Å². The van der Waals surface area contributed by atoms with Crippen molar-refractivity contribution in [3.05, 3.63) is 73.9 Å². The van der Waals surface area contributed by atoms with E-state index < -0.39 is 0 Å². The number of nitrogens with zero attached hydrogens (tertiary/aromatic N) is 3. The van der Waals surface area contributed by atoms with Crippen molar-refractivity contribution in [3.63, 3.8) is 0 Å². The molecule has 0 aliphatic heterocycles. The molecular formula is C20H18FN3OS2. The number of hydrogen-bond donors (Lipinski definition) is 0. The van der Waals surface area contributed by atoms with Crippen LogP contribution in [0.1, 0.15) is 17.5 Å². The molecule has 4 nitrogen and oxygen atoms in total. The fourth-order valence-corrected chi connectivity index (χ4v) is 4.82. The topological polar surface area (TPSA) is 37.6 Å². The number of halogens is 1. The van der Waals surface area contributed by atoms with Gasteiger partial charge in [-0.05, 0) is 49.6 Å². The molecule has 0 bridgehead atoms. The zero-order valence-electron chi connectivity index (χ0n) is 15.0. The van der Waals surface area contributed by atoms with E-state index in [2.05, 4.69) is 4.90 Å². The Labute approximate surface area is 164 Å². The molecule has 0 amide bonds. The minimum Gasteiger partial charge on any atom is -0.366 e. The van der Waals surface area contributed by atoms with Gasteiger partial charge in [0.05, 0.1) is 17.9 Å². The number of aromatic nitrogens is 2. The van der Waals surface area contributed by atoms with Crippen LogP contribution in [-0.2, 0) is 6.54 Å². The molecular weight excluding hydrogens is 381 g/mol. The van der Waals surface area contributed by atoms with Gasteiger partial charge in [0.25, 0.3) is 5.56 Å². The van der Waals surface area contributed by atoms with E-state index in [9.17, 15) is 9.18 Å². The molecule has 4 rings (SSSR count). The van der Waals surface area contributed by atoms with E-state index in [0.29, 0.717) is 17.2 Å². The molecule has 0 fully saturated rings. The van der Waals surface area contributed by atoms with E-state index in [0.717, 1.165) is 28.4 Å². The molecule has 4 aromatic rings. The van der Waals surface area contributed by atoms with Crippen LogP contribution in [0, 0.1) is 12.7 Å². The van der Waals surface area contributed by atoms with E-state index >= 15 is 0 Å². The summed E-state index contributed by atoms with van der Waals surface area (Å²) in [5, 5.41) is 4.05. The highest BCUT2D eigenvalue weighted by Gasteiger charge is 2.16. The summed E-state index contributed by atoms with van der Waals surface area (Å²) in [5.41, 5.74) is 3.51. The Morgan fingerprint density at radius 2 is 2.00 bits per heavy atom. The maximum atomic E-state index is 13.2. The fourth-order valence-electron chi connectivity index (χ4n) is 3.17. The molecule has 0 spiro atoms. The zero-order valence-corrected chi connectivity index (χ0v) is 16.6. The molecule has 1 aromatic carbocycles. The maximum absolute atomic E-state index is 13.2. The van der Waals surface area contributed by atoms with Crippen molar-refractivity contribution in [1.29, 1.82) is 0 Å². The van der Waals surface area contributed by atoms with Gasteiger partial charge in [-0.2, -0.15) is 11.3 Å². The van der Waals surface area contributed by atoms with Crippen LogP contribution in [0.15, 0.2) is 52.0 Å². The highest BCUT2D eigenvalue weighted by Crippen LogP contribution is 2.31. The Morgan fingerprint density at radius 3 is 2.67 bits per heavy atom. The molecule has 0 unspecified atom stereocenters. The third kappa shape index (κ3) is 3.40. The quantitative estimate of drug-likeness (QED) is 0.476. The maximum Gasteiger partial charge on any atom is 0.259 e. The predicted molar refractivity (Wildman–Crippen MR) is 111 cm³/mol. The molecule has 0 radical (unpaired) electrons. The second kappa shape index (κ2) is 7.25. The highest BCUT2D eigenvalue weighted by molar-refractivity contribution is 7.17. The summed E-state index contributed by atoms with van der Waals surface area (Å²) < 4.78 is 14.9. The lowest BCUT2D eigenvalue weighted by Gasteiger charge is -2.22. The first-order valence-corrected chi connectivity index (χ1v) is 10.4. The number of thiophene rings is 1. The Hall–Kier alpha value is -2.51. The van der Waals surface area contributed by atoms with Crippen molar-refractivity contribution in [1.82, 2.24) is 9.38 Å². The Kier molecular flexibility index (Phi) is 4.80. The van der Waals surface area contributed by atoms with Crippen molar-refractivity contribution in [3.8, 4) is 11.3 Å². The fraction of sp³-hybridized carbons (Fsp3) is 0.200. The van der Waals surface area contributed by atoms with Crippen LogP contribution in [0.4, 0.5) is 10.1 Å². The molecule has 27 heavy (non-hydrogen) atoms. The molecule has 138 valence electrons. The minimum absolute atomic E-state index is 0.0734. The monoisotopic (exact) mass is 399 g/mol. The van der Waals surface area contributed by atoms with E-state index in [1.54, 1.807) is 33.9 Å². The van der Waals surface area contributed by atoms with Gasteiger partial charge in [-0.1, -0.05) is 0 Å². The average molecular weight is 400 g/mol. The molecule has 3 aromatic heterocycles. The molecule has 0 N–H and O–H groups in total. The summed E-state index contributed by atoms with van der Waals surface area (Å²) in [4.78, 5) is 21.4. The minimum atomic E-state index is -0.261. The normalized spacial score (nSPS) is 11.2. The smallest absolute Gasteiger partial charge is 0.259 e. The summed E-state index contributed by atoms with van der Waals surface area (Å²) >= 11 is 3.14. The van der Waals surface area contributed by atoms with Crippen LogP contribution in [0.3, 0.4) is 0 Å². The van der Waals surface area contributed by atoms with Gasteiger partial charge >= 0.3 is 0 Å². The molecule has 0 atom stereocenters. The highest BCUT2D eigenvalue weighted by atomic mass is 32.1. The van der Waals surface area contributed by atoms with E-state index in [1.807, 2.05) is 30.7 Å². The first-order chi connectivity index (χ1) is 13.1. The number of hydrogen-bond acceptors (Lipinski definition) is 5. The lowest BCUT2D eigenvalue weighted by molar-refractivity contribution is 0.627. The van der Waals surface area contributed by atoms with Crippen molar-refractivity contribution in [2.24, 2.45) is 0 Å². The lowest BCUT2D eigenvalue weighted by Crippen LogP contribution is -2.24. The number of thiazole rings is 1. The molecule has 0 saturated carbocycles. The van der Waals surface area contributed by atoms with Gasteiger partial charge in [0.2, 0.25) is 0 Å². The van der Waals surface area contributed by atoms with Gasteiger partial charge in [0.15, 0.2) is 4.96 Å². The molecule has 0 saturated heterocycles. The summed E-state index contributed by atoms with van der Waals surface area (Å²) in [6.07, 6.45) is 0.